The number of nitrogens with zero attached hydrogens (tertiary/aromatic N) is 2. The van der Waals surface area contributed by atoms with Crippen molar-refractivity contribution >= 4 is 15.7 Å². The number of carbonyl (C=O) groups excluding carboxylic acids is 1. The molecule has 2 rings (SSSR count). The van der Waals surface area contributed by atoms with Crippen LogP contribution in [0.1, 0.15) is 35.3 Å². The maximum Gasteiger partial charge on any atom is 0.251 e. The zero-order chi connectivity index (χ0) is 16.2. The highest BCUT2D eigenvalue weighted by atomic mass is 32.2. The smallest absolute Gasteiger partial charge is 0.251 e. The second-order valence-electron chi connectivity index (χ2n) is 4.90. The zero-order valence-corrected chi connectivity index (χ0v) is 13.2. The fourth-order valence-corrected chi connectivity index (χ4v) is 2.60. The summed E-state index contributed by atoms with van der Waals surface area (Å²) in [5.74, 6) is -0.237. The zero-order valence-electron chi connectivity index (χ0n) is 12.4. The minimum Gasteiger partial charge on any atom is -0.345 e. The van der Waals surface area contributed by atoms with E-state index in [1.807, 2.05) is 6.92 Å². The number of hydrogen-bond donors (Lipinski definition) is 1. The van der Waals surface area contributed by atoms with Crippen molar-refractivity contribution in [2.75, 3.05) is 6.26 Å². The van der Waals surface area contributed by atoms with Crippen molar-refractivity contribution in [2.45, 2.75) is 24.3 Å². The van der Waals surface area contributed by atoms with Gasteiger partial charge in [0, 0.05) is 36.6 Å². The van der Waals surface area contributed by atoms with E-state index in [4.69, 9.17) is 0 Å². The van der Waals surface area contributed by atoms with Gasteiger partial charge in [0.15, 0.2) is 9.84 Å². The number of carbonyl (C=O) groups is 1. The predicted molar refractivity (Wildman–Crippen MR) is 82.1 cm³/mol. The third kappa shape index (κ3) is 3.88. The third-order valence-electron chi connectivity index (χ3n) is 3.22. The molecule has 2 aromatic rings. The van der Waals surface area contributed by atoms with Crippen LogP contribution < -0.4 is 5.32 Å². The van der Waals surface area contributed by atoms with Crippen LogP contribution in [0.2, 0.25) is 0 Å². The first kappa shape index (κ1) is 16.1. The molecule has 2 aromatic heterocycles. The van der Waals surface area contributed by atoms with Crippen LogP contribution in [0.3, 0.4) is 0 Å². The Morgan fingerprint density at radius 3 is 2.50 bits per heavy atom. The Balaban J connectivity index is 2.24. The molecule has 1 N–H and O–H groups in total. The van der Waals surface area contributed by atoms with E-state index in [0.29, 0.717) is 17.5 Å². The molecule has 22 heavy (non-hydrogen) atoms. The average Bonchev–Trinajstić information content (AvgIpc) is 2.52. The molecule has 7 heteroatoms. The SMILES string of the molecule is CC[C@@H](NC(=O)c1ccncc1)c1cncc(S(C)(=O)=O)c1. The standard InChI is InChI=1S/C15H17N3O3S/c1-3-14(18-15(19)11-4-6-16-7-5-11)12-8-13(10-17-9-12)22(2,20)21/h4-10,14H,3H2,1-2H3,(H,18,19)/t14-/m1/s1. The lowest BCUT2D eigenvalue weighted by Gasteiger charge is -2.17. The molecule has 0 unspecified atom stereocenters. The van der Waals surface area contributed by atoms with E-state index in [-0.39, 0.29) is 16.8 Å². The molecule has 116 valence electrons. The van der Waals surface area contributed by atoms with Gasteiger partial charge in [0.25, 0.3) is 5.91 Å². The van der Waals surface area contributed by atoms with Crippen LogP contribution in [0.15, 0.2) is 47.9 Å². The largest absolute Gasteiger partial charge is 0.345 e. The van der Waals surface area contributed by atoms with Crippen LogP contribution in [0.4, 0.5) is 0 Å². The summed E-state index contributed by atoms with van der Waals surface area (Å²) in [6.45, 7) is 1.91. The first-order valence-electron chi connectivity index (χ1n) is 6.77. The normalized spacial score (nSPS) is 12.6. The van der Waals surface area contributed by atoms with Crippen molar-refractivity contribution in [2.24, 2.45) is 0 Å². The number of aromatic nitrogens is 2. The fourth-order valence-electron chi connectivity index (χ4n) is 1.99. The van der Waals surface area contributed by atoms with Crippen LogP contribution in [-0.4, -0.2) is 30.5 Å². The summed E-state index contributed by atoms with van der Waals surface area (Å²) < 4.78 is 23.2. The molecule has 6 nitrogen and oxygen atoms in total. The van der Waals surface area contributed by atoms with E-state index >= 15 is 0 Å². The molecule has 0 aromatic carbocycles. The highest BCUT2D eigenvalue weighted by Gasteiger charge is 2.17. The predicted octanol–water partition coefficient (Wildman–Crippen LogP) is 1.76. The Labute approximate surface area is 129 Å². The van der Waals surface area contributed by atoms with Gasteiger partial charge < -0.3 is 5.32 Å². The summed E-state index contributed by atoms with van der Waals surface area (Å²) in [5, 5.41) is 2.88. The van der Waals surface area contributed by atoms with E-state index in [2.05, 4.69) is 15.3 Å². The Bertz CT molecular complexity index is 761. The lowest BCUT2D eigenvalue weighted by molar-refractivity contribution is 0.0935. The number of pyridine rings is 2. The Hall–Kier alpha value is -2.28. The third-order valence-corrected chi connectivity index (χ3v) is 4.30. The minimum atomic E-state index is -3.33. The van der Waals surface area contributed by atoms with Crippen LogP contribution >= 0.6 is 0 Å². The van der Waals surface area contributed by atoms with Crippen LogP contribution in [0, 0.1) is 0 Å². The maximum atomic E-state index is 12.2. The highest BCUT2D eigenvalue weighted by molar-refractivity contribution is 7.90. The molecule has 1 atom stereocenters. The van der Waals surface area contributed by atoms with Gasteiger partial charge in [-0.3, -0.25) is 14.8 Å². The van der Waals surface area contributed by atoms with E-state index in [0.717, 1.165) is 6.26 Å². The van der Waals surface area contributed by atoms with Gasteiger partial charge in [-0.05, 0) is 30.2 Å². The number of sulfone groups is 1. The van der Waals surface area contributed by atoms with Crippen LogP contribution in [-0.2, 0) is 9.84 Å². The van der Waals surface area contributed by atoms with Gasteiger partial charge in [-0.15, -0.1) is 0 Å². The average molecular weight is 319 g/mol. The van der Waals surface area contributed by atoms with E-state index < -0.39 is 9.84 Å². The Kier molecular flexibility index (Phi) is 4.87. The van der Waals surface area contributed by atoms with Crippen molar-refractivity contribution in [1.29, 1.82) is 0 Å². The first-order valence-corrected chi connectivity index (χ1v) is 8.67. The van der Waals surface area contributed by atoms with E-state index in [1.54, 1.807) is 36.8 Å². The summed E-state index contributed by atoms with van der Waals surface area (Å²) in [6, 6.07) is 4.47. The van der Waals surface area contributed by atoms with Crippen molar-refractivity contribution in [1.82, 2.24) is 15.3 Å². The maximum absolute atomic E-state index is 12.2. The number of amides is 1. The van der Waals surface area contributed by atoms with Gasteiger partial charge >= 0.3 is 0 Å². The lowest BCUT2D eigenvalue weighted by Crippen LogP contribution is -2.28. The van der Waals surface area contributed by atoms with Crippen LogP contribution in [0.25, 0.3) is 0 Å². The molecule has 0 saturated heterocycles. The summed E-state index contributed by atoms with van der Waals surface area (Å²) in [6.07, 6.45) is 7.70. The van der Waals surface area contributed by atoms with Gasteiger partial charge in [0.1, 0.15) is 0 Å². The van der Waals surface area contributed by atoms with Crippen molar-refractivity contribution in [3.63, 3.8) is 0 Å². The number of rotatable bonds is 5. The molecule has 0 spiro atoms. The molecule has 1 amide bonds. The lowest BCUT2D eigenvalue weighted by atomic mass is 10.1. The van der Waals surface area contributed by atoms with E-state index in [1.165, 1.54) is 6.20 Å². The second-order valence-corrected chi connectivity index (χ2v) is 6.91. The summed E-state index contributed by atoms with van der Waals surface area (Å²) in [4.78, 5) is 20.2. The van der Waals surface area contributed by atoms with Crippen molar-refractivity contribution in [3.05, 3.63) is 54.1 Å². The van der Waals surface area contributed by atoms with Gasteiger partial charge in [-0.25, -0.2) is 8.42 Å². The molecule has 2 heterocycles. The molecular formula is C15H17N3O3S. The summed E-state index contributed by atoms with van der Waals surface area (Å²) in [7, 11) is -3.33. The van der Waals surface area contributed by atoms with Gasteiger partial charge in [-0.1, -0.05) is 6.92 Å². The van der Waals surface area contributed by atoms with Gasteiger partial charge in [0.05, 0.1) is 10.9 Å². The first-order chi connectivity index (χ1) is 10.4. The molecule has 0 aliphatic heterocycles. The molecule has 0 fully saturated rings. The topological polar surface area (TPSA) is 89.0 Å². The summed E-state index contributed by atoms with van der Waals surface area (Å²) in [5.41, 5.74) is 1.16. The van der Waals surface area contributed by atoms with Crippen LogP contribution in [0.5, 0.6) is 0 Å². The summed E-state index contributed by atoms with van der Waals surface area (Å²) >= 11 is 0. The molecule has 0 aliphatic carbocycles. The molecule has 0 aliphatic rings. The second kappa shape index (κ2) is 6.65. The molecule has 0 saturated carbocycles. The number of nitrogens with one attached hydrogen (secondary N) is 1. The van der Waals surface area contributed by atoms with Gasteiger partial charge in [-0.2, -0.15) is 0 Å². The number of hydrogen-bond acceptors (Lipinski definition) is 5. The van der Waals surface area contributed by atoms with Crippen molar-refractivity contribution < 1.29 is 13.2 Å². The minimum absolute atomic E-state index is 0.140. The van der Waals surface area contributed by atoms with Gasteiger partial charge in [0.2, 0.25) is 0 Å². The monoisotopic (exact) mass is 319 g/mol. The Morgan fingerprint density at radius 2 is 1.91 bits per heavy atom. The quantitative estimate of drug-likeness (QED) is 0.907. The molecule has 0 bridgehead atoms. The Morgan fingerprint density at radius 1 is 1.23 bits per heavy atom. The molecule has 0 radical (unpaired) electrons. The van der Waals surface area contributed by atoms with E-state index in [9.17, 15) is 13.2 Å². The van der Waals surface area contributed by atoms with Crippen molar-refractivity contribution in [3.8, 4) is 0 Å². The highest BCUT2D eigenvalue weighted by Crippen LogP contribution is 2.19. The molecular weight excluding hydrogens is 302 g/mol. The fraction of sp³-hybridized carbons (Fsp3) is 0.267.